The minimum absolute atomic E-state index is 0.00324. The third-order valence-electron chi connectivity index (χ3n) is 6.50. The summed E-state index contributed by atoms with van der Waals surface area (Å²) in [6, 6.07) is 0.361. The van der Waals surface area contributed by atoms with E-state index in [-0.39, 0.29) is 18.2 Å². The van der Waals surface area contributed by atoms with Crippen molar-refractivity contribution in [3.05, 3.63) is 11.5 Å². The number of nitrogens with zero attached hydrogens (tertiary/aromatic N) is 4. The third-order valence-corrected chi connectivity index (χ3v) is 8.12. The molecule has 5 atom stereocenters. The Morgan fingerprint density at radius 1 is 1.26 bits per heavy atom. The summed E-state index contributed by atoms with van der Waals surface area (Å²) < 4.78 is 43.8. The molecule has 0 aromatic carbocycles. The van der Waals surface area contributed by atoms with Gasteiger partial charge in [-0.3, -0.25) is 4.57 Å². The highest BCUT2D eigenvalue weighted by Crippen LogP contribution is 2.45. The maximum absolute atomic E-state index is 12.4. The van der Waals surface area contributed by atoms with Crippen LogP contribution in [0.4, 0.5) is 5.82 Å². The molecule has 2 aromatic rings. The molecule has 3 fully saturated rings. The molecule has 35 heavy (non-hydrogen) atoms. The molecule has 0 spiro atoms. The van der Waals surface area contributed by atoms with Crippen LogP contribution in [0.2, 0.25) is 5.28 Å². The quantitative estimate of drug-likeness (QED) is 0.374. The lowest BCUT2D eigenvalue weighted by molar-refractivity contribution is -0.202. The summed E-state index contributed by atoms with van der Waals surface area (Å²) in [5.74, 6) is -0.128. The van der Waals surface area contributed by atoms with Crippen molar-refractivity contribution < 1.29 is 28.0 Å². The number of nitrogens with one attached hydrogen (secondary N) is 1. The fraction of sp³-hybridized carbons (Fsp3) is 0.773. The zero-order valence-corrected chi connectivity index (χ0v) is 22.1. The Morgan fingerprint density at radius 3 is 2.74 bits per heavy atom. The van der Waals surface area contributed by atoms with Crippen molar-refractivity contribution in [3.8, 4) is 0 Å². The van der Waals surface area contributed by atoms with Crippen LogP contribution in [0.5, 0.6) is 0 Å². The Labute approximate surface area is 209 Å². The average Bonchev–Trinajstić information content (AvgIpc) is 3.53. The standard InChI is InChI=1S/C22H33ClN5O6P/c1-5-31-35(4,29)12-30-11-15-16-17(34-22(2,3)33-16)20(32-15)28-19-14(10-24-28)18(26-21(23)27-19)25-13-8-6-7-9-13/h10,13,15-17,20H,5-9,11-12H2,1-4H3,(H,25,26,27)/t15-,16-,17-,20-,35?/m1/s1. The molecule has 1 saturated carbocycles. The zero-order chi connectivity index (χ0) is 24.8. The minimum Gasteiger partial charge on any atom is -0.369 e. The van der Waals surface area contributed by atoms with Gasteiger partial charge in [0.1, 0.15) is 30.5 Å². The summed E-state index contributed by atoms with van der Waals surface area (Å²) in [4.78, 5) is 8.88. The summed E-state index contributed by atoms with van der Waals surface area (Å²) in [7, 11) is -2.83. The lowest BCUT2D eigenvalue weighted by atomic mass is 10.1. The number of ether oxygens (including phenoxy) is 4. The Hall–Kier alpha value is -1.33. The molecule has 4 heterocycles. The Morgan fingerprint density at radius 2 is 2.00 bits per heavy atom. The highest BCUT2D eigenvalue weighted by atomic mass is 35.5. The molecule has 0 radical (unpaired) electrons. The van der Waals surface area contributed by atoms with Crippen molar-refractivity contribution in [3.63, 3.8) is 0 Å². The first-order chi connectivity index (χ1) is 16.7. The molecule has 1 unspecified atom stereocenters. The first kappa shape index (κ1) is 25.3. The van der Waals surface area contributed by atoms with Gasteiger partial charge in [-0.05, 0) is 45.2 Å². The van der Waals surface area contributed by atoms with Crippen LogP contribution in [0.25, 0.3) is 11.0 Å². The van der Waals surface area contributed by atoms with E-state index in [9.17, 15) is 4.57 Å². The summed E-state index contributed by atoms with van der Waals surface area (Å²) in [5, 5.41) is 8.99. The lowest BCUT2D eigenvalue weighted by Crippen LogP contribution is -2.33. The maximum Gasteiger partial charge on any atom is 0.226 e. The number of anilines is 1. The third kappa shape index (κ3) is 5.37. The van der Waals surface area contributed by atoms with Crippen LogP contribution in [0.1, 0.15) is 52.7 Å². The van der Waals surface area contributed by atoms with E-state index < -0.39 is 37.7 Å². The molecule has 2 aromatic heterocycles. The Bertz CT molecular complexity index is 1110. The van der Waals surface area contributed by atoms with Crippen molar-refractivity contribution in [2.24, 2.45) is 0 Å². The van der Waals surface area contributed by atoms with Gasteiger partial charge >= 0.3 is 0 Å². The lowest BCUT2D eigenvalue weighted by Gasteiger charge is -2.24. The highest BCUT2D eigenvalue weighted by molar-refractivity contribution is 7.57. The average molecular weight is 530 g/mol. The molecule has 13 heteroatoms. The van der Waals surface area contributed by atoms with Crippen LogP contribution in [0, 0.1) is 0 Å². The normalized spacial score (nSPS) is 30.1. The van der Waals surface area contributed by atoms with Gasteiger partial charge in [0, 0.05) is 12.7 Å². The zero-order valence-electron chi connectivity index (χ0n) is 20.5. The second-order valence-corrected chi connectivity index (χ2v) is 12.7. The van der Waals surface area contributed by atoms with Crippen LogP contribution >= 0.6 is 19.0 Å². The monoisotopic (exact) mass is 529 g/mol. The molecule has 194 valence electrons. The Balaban J connectivity index is 1.39. The molecular weight excluding hydrogens is 497 g/mol. The van der Waals surface area contributed by atoms with Gasteiger partial charge < -0.3 is 28.8 Å². The summed E-state index contributed by atoms with van der Waals surface area (Å²) in [6.07, 6.45) is 4.41. The first-order valence-corrected chi connectivity index (χ1v) is 14.8. The van der Waals surface area contributed by atoms with Crippen molar-refractivity contribution in [1.82, 2.24) is 19.7 Å². The van der Waals surface area contributed by atoms with Crippen molar-refractivity contribution >= 4 is 35.8 Å². The van der Waals surface area contributed by atoms with E-state index in [0.29, 0.717) is 24.1 Å². The van der Waals surface area contributed by atoms with Gasteiger partial charge in [-0.15, -0.1) is 0 Å². The van der Waals surface area contributed by atoms with Gasteiger partial charge in [-0.1, -0.05) is 12.8 Å². The second kappa shape index (κ2) is 9.85. The predicted octanol–water partition coefficient (Wildman–Crippen LogP) is 4.17. The first-order valence-electron chi connectivity index (χ1n) is 12.1. The van der Waals surface area contributed by atoms with Crippen molar-refractivity contribution in [2.45, 2.75) is 82.8 Å². The van der Waals surface area contributed by atoms with Crippen LogP contribution in [0.15, 0.2) is 6.20 Å². The number of fused-ring (bicyclic) bond motifs is 2. The molecule has 0 amide bonds. The highest BCUT2D eigenvalue weighted by Gasteiger charge is 2.56. The number of hydrogen-bond donors (Lipinski definition) is 1. The van der Waals surface area contributed by atoms with Gasteiger partial charge in [-0.25, -0.2) is 4.68 Å². The molecule has 0 bridgehead atoms. The van der Waals surface area contributed by atoms with Crippen molar-refractivity contribution in [1.29, 1.82) is 0 Å². The van der Waals surface area contributed by atoms with E-state index in [4.69, 9.17) is 35.1 Å². The van der Waals surface area contributed by atoms with E-state index in [1.54, 1.807) is 24.5 Å². The van der Waals surface area contributed by atoms with Gasteiger partial charge in [-0.2, -0.15) is 15.1 Å². The second-order valence-electron chi connectivity index (χ2n) is 9.86. The van der Waals surface area contributed by atoms with Crippen LogP contribution in [0.3, 0.4) is 0 Å². The van der Waals surface area contributed by atoms with E-state index in [2.05, 4.69) is 20.4 Å². The number of rotatable bonds is 9. The van der Waals surface area contributed by atoms with Crippen LogP contribution < -0.4 is 5.32 Å². The number of halogens is 1. The van der Waals surface area contributed by atoms with E-state index in [1.165, 1.54) is 12.8 Å². The van der Waals surface area contributed by atoms with Gasteiger partial charge in [0.05, 0.1) is 24.8 Å². The van der Waals surface area contributed by atoms with Crippen LogP contribution in [-0.2, 0) is 28.0 Å². The molecular formula is C22H33ClN5O6P. The summed E-state index contributed by atoms with van der Waals surface area (Å²) in [5.41, 5.74) is 0.554. The van der Waals surface area contributed by atoms with E-state index in [0.717, 1.165) is 18.2 Å². The fourth-order valence-electron chi connectivity index (χ4n) is 5.09. The molecule has 2 aliphatic heterocycles. The summed E-state index contributed by atoms with van der Waals surface area (Å²) in [6.45, 7) is 7.62. The summed E-state index contributed by atoms with van der Waals surface area (Å²) >= 11 is 6.31. The molecule has 5 rings (SSSR count). The molecule has 2 saturated heterocycles. The molecule has 11 nitrogen and oxygen atoms in total. The number of hydrogen-bond acceptors (Lipinski definition) is 10. The number of aromatic nitrogens is 4. The maximum atomic E-state index is 12.4. The fourth-order valence-corrected chi connectivity index (χ4v) is 6.32. The van der Waals surface area contributed by atoms with Gasteiger partial charge in [0.15, 0.2) is 17.7 Å². The van der Waals surface area contributed by atoms with Crippen molar-refractivity contribution in [2.75, 3.05) is 31.5 Å². The molecule has 3 aliphatic rings. The van der Waals surface area contributed by atoms with Crippen LogP contribution in [-0.4, -0.2) is 76.1 Å². The molecule has 1 N–H and O–H groups in total. The largest absolute Gasteiger partial charge is 0.369 e. The molecule has 1 aliphatic carbocycles. The smallest absolute Gasteiger partial charge is 0.226 e. The van der Waals surface area contributed by atoms with Gasteiger partial charge in [0.25, 0.3) is 0 Å². The Kier molecular flexibility index (Phi) is 7.13. The minimum atomic E-state index is -2.83. The predicted molar refractivity (Wildman–Crippen MR) is 130 cm³/mol. The van der Waals surface area contributed by atoms with E-state index >= 15 is 0 Å². The topological polar surface area (TPSA) is 119 Å². The SMILES string of the molecule is CCOP(C)(=O)COC[C@H]1O[C@@H](n2ncc3c(NC4CCCC4)nc(Cl)nc32)[C@@H]2OC(C)(C)O[C@@H]21. The van der Waals surface area contributed by atoms with E-state index in [1.807, 2.05) is 13.8 Å². The van der Waals surface area contributed by atoms with Gasteiger partial charge in [0.2, 0.25) is 12.7 Å².